The maximum Gasteiger partial charge on any atom is 0.218 e. The molecule has 3 N–H and O–H groups in total. The average Bonchev–Trinajstić information content (AvgIpc) is 2.85. The number of nitrogens with two attached hydrogens (primary N) is 1. The van der Waals surface area contributed by atoms with Crippen LogP contribution in [0.4, 0.5) is 4.39 Å². The Morgan fingerprint density at radius 1 is 1.30 bits per heavy atom. The molecule has 0 saturated heterocycles. The van der Waals surface area contributed by atoms with Gasteiger partial charge >= 0.3 is 0 Å². The predicted octanol–water partition coefficient (Wildman–Crippen LogP) is 2.44. The van der Waals surface area contributed by atoms with E-state index in [1.807, 2.05) is 19.1 Å². The summed E-state index contributed by atoms with van der Waals surface area (Å²) in [7, 11) is 0. The maximum absolute atomic E-state index is 12.8. The number of hydrogen-bond acceptors (Lipinski definition) is 3. The second-order valence-corrected chi connectivity index (χ2v) is 4.73. The fourth-order valence-corrected chi connectivity index (χ4v) is 1.89. The summed E-state index contributed by atoms with van der Waals surface area (Å²) in [6.07, 6.45) is 0.283. The van der Waals surface area contributed by atoms with Crippen LogP contribution in [0.3, 0.4) is 0 Å². The first-order chi connectivity index (χ1) is 9.54. The lowest BCUT2D eigenvalue weighted by molar-refractivity contribution is -0.118. The van der Waals surface area contributed by atoms with E-state index in [0.717, 1.165) is 11.3 Å². The average molecular weight is 276 g/mol. The van der Waals surface area contributed by atoms with Crippen LogP contribution >= 0.6 is 0 Å². The zero-order valence-corrected chi connectivity index (χ0v) is 11.2. The van der Waals surface area contributed by atoms with Gasteiger partial charge in [-0.2, -0.15) is 0 Å². The molecule has 1 atom stereocenters. The third kappa shape index (κ3) is 3.93. The molecule has 2 aromatic rings. The van der Waals surface area contributed by atoms with Gasteiger partial charge in [0.15, 0.2) is 0 Å². The molecule has 2 rings (SSSR count). The predicted molar refractivity (Wildman–Crippen MR) is 74.2 cm³/mol. The topological polar surface area (TPSA) is 68.3 Å². The van der Waals surface area contributed by atoms with Crippen molar-refractivity contribution in [1.82, 2.24) is 5.32 Å². The molecule has 5 heteroatoms. The minimum Gasteiger partial charge on any atom is -0.460 e. The van der Waals surface area contributed by atoms with Crippen LogP contribution in [0.2, 0.25) is 0 Å². The molecule has 1 aromatic heterocycles. The van der Waals surface area contributed by atoms with Crippen LogP contribution in [-0.2, 0) is 11.3 Å². The van der Waals surface area contributed by atoms with Crippen molar-refractivity contribution in [2.45, 2.75) is 25.9 Å². The van der Waals surface area contributed by atoms with Crippen molar-refractivity contribution in [3.05, 3.63) is 48.0 Å². The largest absolute Gasteiger partial charge is 0.460 e. The fraction of sp³-hybridized carbons (Fsp3) is 0.267. The smallest absolute Gasteiger partial charge is 0.218 e. The lowest BCUT2D eigenvalue weighted by atomic mass is 10.2. The second-order valence-electron chi connectivity index (χ2n) is 4.73. The number of benzene rings is 1. The van der Waals surface area contributed by atoms with E-state index < -0.39 is 0 Å². The summed E-state index contributed by atoms with van der Waals surface area (Å²) in [6, 6.07) is 9.80. The third-order valence-corrected chi connectivity index (χ3v) is 2.92. The maximum atomic E-state index is 12.8. The van der Waals surface area contributed by atoms with Gasteiger partial charge in [-0.25, -0.2) is 4.39 Å². The van der Waals surface area contributed by atoms with Crippen LogP contribution in [-0.4, -0.2) is 11.9 Å². The zero-order chi connectivity index (χ0) is 14.5. The van der Waals surface area contributed by atoms with Gasteiger partial charge in [-0.15, -0.1) is 0 Å². The van der Waals surface area contributed by atoms with E-state index in [-0.39, 0.29) is 24.2 Å². The van der Waals surface area contributed by atoms with Crippen molar-refractivity contribution < 1.29 is 13.6 Å². The molecule has 1 heterocycles. The highest BCUT2D eigenvalue weighted by molar-refractivity contribution is 5.74. The minimum atomic E-state index is -0.337. The third-order valence-electron chi connectivity index (χ3n) is 2.92. The number of nitrogens with one attached hydrogen (secondary N) is 1. The first kappa shape index (κ1) is 14.3. The Labute approximate surface area is 116 Å². The van der Waals surface area contributed by atoms with E-state index in [2.05, 4.69) is 5.32 Å². The number of hydrogen-bond donors (Lipinski definition) is 2. The van der Waals surface area contributed by atoms with Gasteiger partial charge in [0.1, 0.15) is 17.3 Å². The molecule has 1 unspecified atom stereocenters. The van der Waals surface area contributed by atoms with Gasteiger partial charge < -0.3 is 15.5 Å². The van der Waals surface area contributed by atoms with Crippen LogP contribution in [0.25, 0.3) is 11.3 Å². The number of rotatable bonds is 6. The Morgan fingerprint density at radius 3 is 2.65 bits per heavy atom. The number of furan rings is 1. The normalized spacial score (nSPS) is 12.3. The van der Waals surface area contributed by atoms with Crippen LogP contribution in [0.15, 0.2) is 40.8 Å². The molecule has 0 fully saturated rings. The highest BCUT2D eigenvalue weighted by Gasteiger charge is 2.08. The van der Waals surface area contributed by atoms with Crippen LogP contribution in [0.5, 0.6) is 0 Å². The van der Waals surface area contributed by atoms with Gasteiger partial charge in [-0.05, 0) is 43.3 Å². The van der Waals surface area contributed by atoms with Gasteiger partial charge in [0.05, 0.1) is 6.54 Å². The molecule has 0 aliphatic rings. The summed E-state index contributed by atoms with van der Waals surface area (Å²) >= 11 is 0. The summed E-state index contributed by atoms with van der Waals surface area (Å²) in [4.78, 5) is 10.8. The molecule has 0 spiro atoms. The van der Waals surface area contributed by atoms with Crippen LogP contribution in [0.1, 0.15) is 19.1 Å². The molecule has 0 bridgehead atoms. The molecule has 1 amide bonds. The number of amides is 1. The van der Waals surface area contributed by atoms with E-state index in [9.17, 15) is 9.18 Å². The molecule has 106 valence electrons. The Kier molecular flexibility index (Phi) is 4.53. The number of halogens is 1. The standard InChI is InChI=1S/C15H17FN2O2/c1-10(8-15(17)19)18-9-13-6-7-14(20-13)11-2-4-12(16)5-3-11/h2-7,10,18H,8-9H2,1H3,(H2,17,19). The van der Waals surface area contributed by atoms with Crippen LogP contribution < -0.4 is 11.1 Å². The van der Waals surface area contributed by atoms with Crippen LogP contribution in [0, 0.1) is 5.82 Å². The van der Waals surface area contributed by atoms with E-state index in [1.165, 1.54) is 12.1 Å². The molecular formula is C15H17FN2O2. The SMILES string of the molecule is CC(CC(N)=O)NCc1ccc(-c2ccc(F)cc2)o1. The number of primary amides is 1. The lowest BCUT2D eigenvalue weighted by Crippen LogP contribution is -2.30. The summed E-state index contributed by atoms with van der Waals surface area (Å²) in [5.41, 5.74) is 5.94. The first-order valence-electron chi connectivity index (χ1n) is 6.41. The van der Waals surface area contributed by atoms with Crippen molar-refractivity contribution >= 4 is 5.91 Å². The molecule has 0 aliphatic heterocycles. The lowest BCUT2D eigenvalue weighted by Gasteiger charge is -2.10. The van der Waals surface area contributed by atoms with Crippen molar-refractivity contribution in [3.63, 3.8) is 0 Å². The van der Waals surface area contributed by atoms with Crippen molar-refractivity contribution in [1.29, 1.82) is 0 Å². The van der Waals surface area contributed by atoms with E-state index in [0.29, 0.717) is 12.3 Å². The zero-order valence-electron chi connectivity index (χ0n) is 11.2. The Hall–Kier alpha value is -2.14. The monoisotopic (exact) mass is 276 g/mol. The van der Waals surface area contributed by atoms with E-state index in [1.54, 1.807) is 12.1 Å². The van der Waals surface area contributed by atoms with Gasteiger partial charge in [0.25, 0.3) is 0 Å². The summed E-state index contributed by atoms with van der Waals surface area (Å²) in [5.74, 6) is 0.823. The van der Waals surface area contributed by atoms with E-state index >= 15 is 0 Å². The van der Waals surface area contributed by atoms with Gasteiger partial charge in [-0.3, -0.25) is 4.79 Å². The fourth-order valence-electron chi connectivity index (χ4n) is 1.89. The molecule has 20 heavy (non-hydrogen) atoms. The Morgan fingerprint density at radius 2 is 2.00 bits per heavy atom. The highest BCUT2D eigenvalue weighted by atomic mass is 19.1. The van der Waals surface area contributed by atoms with E-state index in [4.69, 9.17) is 10.2 Å². The van der Waals surface area contributed by atoms with Gasteiger partial charge in [-0.1, -0.05) is 0 Å². The first-order valence-corrected chi connectivity index (χ1v) is 6.41. The van der Waals surface area contributed by atoms with Crippen molar-refractivity contribution in [2.24, 2.45) is 5.73 Å². The number of carbonyl (C=O) groups is 1. The molecular weight excluding hydrogens is 259 g/mol. The Balaban J connectivity index is 1.95. The minimum absolute atomic E-state index is 0.00753. The molecule has 0 radical (unpaired) electrons. The quantitative estimate of drug-likeness (QED) is 0.851. The number of carbonyl (C=O) groups excluding carboxylic acids is 1. The highest BCUT2D eigenvalue weighted by Crippen LogP contribution is 2.22. The molecule has 1 aromatic carbocycles. The summed E-state index contributed by atoms with van der Waals surface area (Å²) in [5, 5.41) is 3.15. The summed E-state index contributed by atoms with van der Waals surface area (Å²) < 4.78 is 18.5. The molecule has 0 saturated carbocycles. The van der Waals surface area contributed by atoms with Gasteiger partial charge in [0, 0.05) is 18.0 Å². The van der Waals surface area contributed by atoms with Gasteiger partial charge in [0.2, 0.25) is 5.91 Å². The van der Waals surface area contributed by atoms with Crippen molar-refractivity contribution in [3.8, 4) is 11.3 Å². The molecule has 0 aliphatic carbocycles. The second kappa shape index (κ2) is 6.34. The molecule has 4 nitrogen and oxygen atoms in total. The Bertz CT molecular complexity index is 578. The summed E-state index contributed by atoms with van der Waals surface area (Å²) in [6.45, 7) is 2.39. The van der Waals surface area contributed by atoms with Crippen molar-refractivity contribution in [2.75, 3.05) is 0 Å².